The van der Waals surface area contributed by atoms with E-state index in [2.05, 4.69) is 25.3 Å². The van der Waals surface area contributed by atoms with Crippen LogP contribution in [0.15, 0.2) is 47.6 Å². The van der Waals surface area contributed by atoms with Gasteiger partial charge in [0.2, 0.25) is 0 Å². The zero-order chi connectivity index (χ0) is 24.2. The highest BCUT2D eigenvalue weighted by Crippen LogP contribution is 2.42. The van der Waals surface area contributed by atoms with Crippen molar-refractivity contribution in [3.63, 3.8) is 0 Å². The van der Waals surface area contributed by atoms with Gasteiger partial charge in [0.15, 0.2) is 0 Å². The average Bonchev–Trinajstić information content (AvgIpc) is 3.40. The van der Waals surface area contributed by atoms with Crippen LogP contribution >= 0.6 is 0 Å². The molecule has 34 heavy (non-hydrogen) atoms. The monoisotopic (exact) mass is 470 g/mol. The molecule has 2 saturated heterocycles. The summed E-state index contributed by atoms with van der Waals surface area (Å²) in [6, 6.07) is 0. The Hall–Kier alpha value is -1.20. The predicted molar refractivity (Wildman–Crippen MR) is 137 cm³/mol. The van der Waals surface area contributed by atoms with Crippen LogP contribution in [0.25, 0.3) is 0 Å². The first kappa shape index (κ1) is 25.9. The number of ether oxygens (including phenoxy) is 2. The lowest BCUT2D eigenvalue weighted by Gasteiger charge is -2.32. The van der Waals surface area contributed by atoms with Crippen LogP contribution in [-0.4, -0.2) is 47.8 Å². The first-order valence-corrected chi connectivity index (χ1v) is 13.6. The van der Waals surface area contributed by atoms with Gasteiger partial charge in [-0.15, -0.1) is 0 Å². The van der Waals surface area contributed by atoms with E-state index in [1.165, 1.54) is 11.1 Å². The highest BCUT2D eigenvalue weighted by molar-refractivity contribution is 5.12. The van der Waals surface area contributed by atoms with Gasteiger partial charge >= 0.3 is 0 Å². The molecule has 2 saturated carbocycles. The number of allylic oxidation sites excluding steroid dienone is 2. The van der Waals surface area contributed by atoms with Crippen molar-refractivity contribution in [3.8, 4) is 0 Å². The van der Waals surface area contributed by atoms with Crippen molar-refractivity contribution >= 4 is 0 Å². The normalized spacial score (nSPS) is 41.3. The molecule has 8 atom stereocenters. The van der Waals surface area contributed by atoms with Gasteiger partial charge in [0, 0.05) is 23.7 Å². The van der Waals surface area contributed by atoms with E-state index in [0.717, 1.165) is 75.4 Å². The molecule has 4 fully saturated rings. The number of hydrogen-bond acceptors (Lipinski definition) is 4. The number of hydrogen-bond donors (Lipinski definition) is 2. The van der Waals surface area contributed by atoms with Gasteiger partial charge in [-0.1, -0.05) is 36.5 Å². The third kappa shape index (κ3) is 5.95. The first-order valence-electron chi connectivity index (χ1n) is 13.6. The average molecular weight is 471 g/mol. The standard InChI is InChI=1S/C30H46O4/c1-19(2)23-11-13-25(29(23)31)27-15-9-21(17-33-27)7-5-6-8-22-10-16-28(34-18-22)26-14-12-24(20(3)4)30(26)32/h7-8,23-32H,1,3,5-6,9-18H2,2,4H3/b21-7-,22-8-/t23-,24-,25-,26-,27-,28+,29+,30+/m1/s1. The quantitative estimate of drug-likeness (QED) is 0.359. The molecule has 2 heterocycles. The molecular formula is C30H46O4. The van der Waals surface area contributed by atoms with Crippen LogP contribution in [0.3, 0.4) is 0 Å². The molecule has 0 amide bonds. The van der Waals surface area contributed by atoms with E-state index in [1.54, 1.807) is 0 Å². The van der Waals surface area contributed by atoms with Gasteiger partial charge in [-0.2, -0.15) is 0 Å². The minimum absolute atomic E-state index is 0.190. The highest BCUT2D eigenvalue weighted by atomic mass is 16.5. The largest absolute Gasteiger partial charge is 0.392 e. The molecule has 0 unspecified atom stereocenters. The maximum Gasteiger partial charge on any atom is 0.0680 e. The molecule has 0 spiro atoms. The van der Waals surface area contributed by atoms with Crippen LogP contribution in [0.4, 0.5) is 0 Å². The summed E-state index contributed by atoms with van der Waals surface area (Å²) in [7, 11) is 0. The van der Waals surface area contributed by atoms with Crippen LogP contribution in [-0.2, 0) is 9.47 Å². The van der Waals surface area contributed by atoms with Gasteiger partial charge in [-0.25, -0.2) is 0 Å². The van der Waals surface area contributed by atoms with Gasteiger partial charge in [0.05, 0.1) is 37.6 Å². The Balaban J connectivity index is 1.15. The molecule has 0 radical (unpaired) electrons. The van der Waals surface area contributed by atoms with Gasteiger partial charge in [0.1, 0.15) is 0 Å². The van der Waals surface area contributed by atoms with E-state index in [0.29, 0.717) is 13.2 Å². The molecule has 0 aromatic rings. The SMILES string of the molecule is C=C(C)[C@H]1CC[C@H]([C@@H]2CC/C(=C/CC/C=C3/CC[C@H]([C@H]4CC[C@H](C(=C)C)[C@@H]4O)OC3)CO2)[C@H]1O. The summed E-state index contributed by atoms with van der Waals surface area (Å²) in [5.74, 6) is 1.02. The molecule has 2 aliphatic heterocycles. The number of aliphatic hydroxyl groups excluding tert-OH is 2. The number of rotatable bonds is 7. The molecule has 4 rings (SSSR count). The Morgan fingerprint density at radius 1 is 0.735 bits per heavy atom. The summed E-state index contributed by atoms with van der Waals surface area (Å²) in [5, 5.41) is 21.3. The Bertz CT molecular complexity index is 710. The Morgan fingerprint density at radius 3 is 1.44 bits per heavy atom. The summed E-state index contributed by atoms with van der Waals surface area (Å²) in [6.45, 7) is 13.6. The van der Waals surface area contributed by atoms with Crippen molar-refractivity contribution < 1.29 is 19.7 Å². The molecule has 0 aromatic carbocycles. The summed E-state index contributed by atoms with van der Waals surface area (Å²) in [5.41, 5.74) is 5.01. The third-order valence-electron chi connectivity index (χ3n) is 9.04. The van der Waals surface area contributed by atoms with Gasteiger partial charge in [0.25, 0.3) is 0 Å². The van der Waals surface area contributed by atoms with Crippen molar-refractivity contribution in [1.82, 2.24) is 0 Å². The maximum absolute atomic E-state index is 10.7. The smallest absolute Gasteiger partial charge is 0.0680 e. The molecule has 2 N–H and O–H groups in total. The van der Waals surface area contributed by atoms with Crippen molar-refractivity contribution in [2.45, 2.75) is 102 Å². The summed E-state index contributed by atoms with van der Waals surface area (Å²) < 4.78 is 12.4. The van der Waals surface area contributed by atoms with E-state index in [4.69, 9.17) is 9.47 Å². The van der Waals surface area contributed by atoms with Gasteiger partial charge in [-0.05, 0) is 89.2 Å². The Labute approximate surface area is 206 Å². The first-order chi connectivity index (χ1) is 16.3. The van der Waals surface area contributed by atoms with Crippen molar-refractivity contribution in [2.24, 2.45) is 23.7 Å². The van der Waals surface area contributed by atoms with Crippen molar-refractivity contribution in [2.75, 3.05) is 13.2 Å². The number of aliphatic hydroxyl groups is 2. The van der Waals surface area contributed by atoms with E-state index in [1.807, 2.05) is 13.8 Å². The third-order valence-corrected chi connectivity index (χ3v) is 9.04. The molecule has 190 valence electrons. The molecular weight excluding hydrogens is 424 g/mol. The lowest BCUT2D eigenvalue weighted by atomic mass is 9.88. The zero-order valence-corrected chi connectivity index (χ0v) is 21.4. The van der Waals surface area contributed by atoms with E-state index < -0.39 is 0 Å². The topological polar surface area (TPSA) is 58.9 Å². The van der Waals surface area contributed by atoms with E-state index in [9.17, 15) is 10.2 Å². The van der Waals surface area contributed by atoms with Crippen LogP contribution in [0.5, 0.6) is 0 Å². The second-order valence-electron chi connectivity index (χ2n) is 11.4. The maximum atomic E-state index is 10.7. The lowest BCUT2D eigenvalue weighted by molar-refractivity contribution is -0.0395. The zero-order valence-electron chi connectivity index (χ0n) is 21.4. The van der Waals surface area contributed by atoms with Crippen LogP contribution in [0.2, 0.25) is 0 Å². The fourth-order valence-corrected chi connectivity index (χ4v) is 6.88. The van der Waals surface area contributed by atoms with Gasteiger partial charge < -0.3 is 19.7 Å². The molecule has 4 heteroatoms. The molecule has 0 bridgehead atoms. The summed E-state index contributed by atoms with van der Waals surface area (Å²) in [4.78, 5) is 0. The Kier molecular flexibility index (Phi) is 8.90. The van der Waals surface area contributed by atoms with Crippen molar-refractivity contribution in [3.05, 3.63) is 47.6 Å². The molecule has 4 nitrogen and oxygen atoms in total. The number of unbranched alkanes of at least 4 members (excludes halogenated alkanes) is 1. The Morgan fingerprint density at radius 2 is 1.15 bits per heavy atom. The van der Waals surface area contributed by atoms with E-state index >= 15 is 0 Å². The fourth-order valence-electron chi connectivity index (χ4n) is 6.88. The minimum atomic E-state index is -0.290. The highest BCUT2D eigenvalue weighted by Gasteiger charge is 2.41. The second-order valence-corrected chi connectivity index (χ2v) is 11.4. The predicted octanol–water partition coefficient (Wildman–Crippen LogP) is 5.90. The summed E-state index contributed by atoms with van der Waals surface area (Å²) >= 11 is 0. The molecule has 2 aliphatic carbocycles. The van der Waals surface area contributed by atoms with E-state index in [-0.39, 0.29) is 48.1 Å². The van der Waals surface area contributed by atoms with Crippen molar-refractivity contribution in [1.29, 1.82) is 0 Å². The molecule has 0 aromatic heterocycles. The van der Waals surface area contributed by atoms with Crippen LogP contribution < -0.4 is 0 Å². The molecule has 4 aliphatic rings. The minimum Gasteiger partial charge on any atom is -0.392 e. The van der Waals surface area contributed by atoms with Gasteiger partial charge in [-0.3, -0.25) is 0 Å². The van der Waals surface area contributed by atoms with Crippen LogP contribution in [0, 0.1) is 23.7 Å². The van der Waals surface area contributed by atoms with Crippen LogP contribution in [0.1, 0.15) is 78.1 Å². The lowest BCUT2D eigenvalue weighted by Crippen LogP contribution is -2.35. The second kappa shape index (κ2) is 11.7. The summed E-state index contributed by atoms with van der Waals surface area (Å²) in [6.07, 6.45) is 15.0. The fraction of sp³-hybridized carbons (Fsp3) is 0.733.